The number of nitrogens with zero attached hydrogens (tertiary/aromatic N) is 4. The number of carbonyl (C=O) groups excluding carboxylic acids is 2. The Balaban J connectivity index is 0.00000529. The highest BCUT2D eigenvalue weighted by Crippen LogP contribution is 2.40. The van der Waals surface area contributed by atoms with Gasteiger partial charge in [0.2, 0.25) is 5.91 Å². The number of likely N-dealkylation sites (tertiary alicyclic amines) is 1. The van der Waals surface area contributed by atoms with E-state index in [-0.39, 0.29) is 42.5 Å². The number of aryl methyl sites for hydroxylation is 1. The van der Waals surface area contributed by atoms with Gasteiger partial charge in [-0.25, -0.2) is 9.18 Å². The number of piperidine rings is 1. The molecule has 0 saturated carbocycles. The van der Waals surface area contributed by atoms with Gasteiger partial charge < -0.3 is 14.7 Å². The molecule has 6 nitrogen and oxygen atoms in total. The molecule has 2 aromatic carbocycles. The van der Waals surface area contributed by atoms with Crippen LogP contribution in [0.5, 0.6) is 0 Å². The first-order valence-corrected chi connectivity index (χ1v) is 14.1. The fourth-order valence-electron chi connectivity index (χ4n) is 6.03. The minimum Gasteiger partial charge on any atom is -0.340 e. The molecule has 14 heteroatoms. The smallest absolute Gasteiger partial charge is 0.340 e. The van der Waals surface area contributed by atoms with Crippen LogP contribution in [0.1, 0.15) is 66.6 Å². The third kappa shape index (κ3) is 7.77. The van der Waals surface area contributed by atoms with Gasteiger partial charge in [0, 0.05) is 52.7 Å². The number of hydrogen-bond donors (Lipinski definition) is 0. The second-order valence-electron chi connectivity index (χ2n) is 11.3. The molecule has 0 bridgehead atoms. The van der Waals surface area contributed by atoms with Crippen LogP contribution >= 0.6 is 12.4 Å². The van der Waals surface area contributed by atoms with Gasteiger partial charge in [-0.15, -0.1) is 12.4 Å². The Morgan fingerprint density at radius 1 is 0.909 bits per heavy atom. The van der Waals surface area contributed by atoms with Gasteiger partial charge >= 0.3 is 18.4 Å². The fourth-order valence-corrected chi connectivity index (χ4v) is 6.03. The Hall–Kier alpha value is -3.06. The lowest BCUT2D eigenvalue weighted by atomic mass is 9.88. The molecule has 0 N–H and O–H groups in total. The third-order valence-corrected chi connectivity index (χ3v) is 8.66. The monoisotopic (exact) mass is 652 g/mol. The van der Waals surface area contributed by atoms with Crippen LogP contribution < -0.4 is 0 Å². The topological polar surface area (TPSA) is 47.1 Å². The summed E-state index contributed by atoms with van der Waals surface area (Å²) in [6.07, 6.45) is -8.96. The van der Waals surface area contributed by atoms with Crippen molar-refractivity contribution in [1.29, 1.82) is 0 Å². The number of urea groups is 1. The zero-order valence-corrected chi connectivity index (χ0v) is 25.6. The van der Waals surface area contributed by atoms with Crippen LogP contribution in [0.4, 0.5) is 35.5 Å². The molecule has 0 unspecified atom stereocenters. The van der Waals surface area contributed by atoms with Gasteiger partial charge in [0.05, 0.1) is 23.2 Å². The highest BCUT2D eigenvalue weighted by molar-refractivity contribution is 5.85. The molecule has 44 heavy (non-hydrogen) atoms. The van der Waals surface area contributed by atoms with Gasteiger partial charge in [-0.2, -0.15) is 26.3 Å². The molecule has 2 fully saturated rings. The third-order valence-electron chi connectivity index (χ3n) is 8.66. The minimum absolute atomic E-state index is 0. The zero-order chi connectivity index (χ0) is 31.9. The number of hydrogen-bond acceptors (Lipinski definition) is 3. The van der Waals surface area contributed by atoms with Crippen molar-refractivity contribution in [3.8, 4) is 0 Å². The van der Waals surface area contributed by atoms with Crippen LogP contribution in [-0.4, -0.2) is 77.4 Å². The second kappa shape index (κ2) is 13.5. The Labute approximate surface area is 258 Å². The van der Waals surface area contributed by atoms with E-state index in [2.05, 4.69) is 4.90 Å². The molecule has 3 amide bonds. The first kappa shape index (κ1) is 35.4. The van der Waals surface area contributed by atoms with E-state index in [9.17, 15) is 40.3 Å². The summed E-state index contributed by atoms with van der Waals surface area (Å²) in [7, 11) is 1.35. The number of halogens is 8. The van der Waals surface area contributed by atoms with E-state index in [0.717, 1.165) is 4.90 Å². The van der Waals surface area contributed by atoms with Gasteiger partial charge in [0.1, 0.15) is 5.82 Å². The molecule has 3 atom stereocenters. The van der Waals surface area contributed by atoms with Crippen molar-refractivity contribution in [1.82, 2.24) is 19.6 Å². The van der Waals surface area contributed by atoms with Crippen LogP contribution in [0.2, 0.25) is 0 Å². The lowest BCUT2D eigenvalue weighted by Gasteiger charge is -2.47. The summed E-state index contributed by atoms with van der Waals surface area (Å²) >= 11 is 0. The second-order valence-corrected chi connectivity index (χ2v) is 11.3. The van der Waals surface area contributed by atoms with Gasteiger partial charge in [-0.1, -0.05) is 6.07 Å². The van der Waals surface area contributed by atoms with Crippen LogP contribution in [-0.2, 0) is 17.1 Å². The molecule has 244 valence electrons. The molecule has 2 heterocycles. The van der Waals surface area contributed by atoms with Crippen LogP contribution in [0.25, 0.3) is 0 Å². The van der Waals surface area contributed by atoms with Gasteiger partial charge in [-0.3, -0.25) is 9.69 Å². The van der Waals surface area contributed by atoms with Crippen LogP contribution in [0.15, 0.2) is 36.4 Å². The van der Waals surface area contributed by atoms with E-state index in [1.165, 1.54) is 33.0 Å². The van der Waals surface area contributed by atoms with Crippen molar-refractivity contribution < 1.29 is 40.3 Å². The molecule has 4 rings (SSSR count). The summed E-state index contributed by atoms with van der Waals surface area (Å²) in [5.74, 6) is -0.442. The van der Waals surface area contributed by atoms with Crippen molar-refractivity contribution in [3.63, 3.8) is 0 Å². The lowest BCUT2D eigenvalue weighted by molar-refractivity contribution is -0.143. The molecule has 2 saturated heterocycles. The molecule has 2 aliphatic rings. The first-order valence-electron chi connectivity index (χ1n) is 14.1. The number of carbonyl (C=O) groups is 2. The van der Waals surface area contributed by atoms with E-state index in [0.29, 0.717) is 62.3 Å². The maximum absolute atomic E-state index is 14.0. The maximum Gasteiger partial charge on any atom is 0.416 e. The normalized spacial score (nSPS) is 20.6. The van der Waals surface area contributed by atoms with Crippen molar-refractivity contribution in [3.05, 3.63) is 70.0 Å². The van der Waals surface area contributed by atoms with Gasteiger partial charge in [0.25, 0.3) is 0 Å². The SMILES string of the molecule is CC(=O)N1CCN([C@@H]2CCN(C(=O)N(C)[C@H](C)c3cc(C(F)(F)F)cc(C(F)(F)F)c3)[C@@H](c3ccc(F)cc3C)C2)CC1.Cl. The molecule has 2 aromatic rings. The highest BCUT2D eigenvalue weighted by Gasteiger charge is 2.40. The first-order chi connectivity index (χ1) is 20.0. The number of alkyl halides is 6. The molecule has 0 aromatic heterocycles. The van der Waals surface area contributed by atoms with E-state index < -0.39 is 47.4 Å². The zero-order valence-electron chi connectivity index (χ0n) is 24.8. The lowest BCUT2D eigenvalue weighted by Crippen LogP contribution is -2.56. The van der Waals surface area contributed by atoms with Crippen LogP contribution in [0.3, 0.4) is 0 Å². The van der Waals surface area contributed by atoms with Crippen molar-refractivity contribution >= 4 is 24.3 Å². The summed E-state index contributed by atoms with van der Waals surface area (Å²) < 4.78 is 95.0. The number of piperazine rings is 1. The summed E-state index contributed by atoms with van der Waals surface area (Å²) in [6, 6.07) is 3.46. The van der Waals surface area contributed by atoms with E-state index >= 15 is 0 Å². The predicted octanol–water partition coefficient (Wildman–Crippen LogP) is 7.08. The summed E-state index contributed by atoms with van der Waals surface area (Å²) in [5.41, 5.74) is -1.87. The number of benzene rings is 2. The molecular formula is C30H36ClF7N4O2. The van der Waals surface area contributed by atoms with Crippen molar-refractivity contribution in [2.75, 3.05) is 39.8 Å². The maximum atomic E-state index is 14.0. The standard InChI is InChI=1S/C30H35F7N4O2.ClH/c1-18-13-24(31)5-6-26(18)27-17-25(40-11-9-39(10-12-40)20(3)42)7-8-41(27)28(43)38(4)19(2)21-14-22(29(32,33)34)16-23(15-21)30(35,36)37;/h5-6,13-16,19,25,27H,7-12,17H2,1-4H3;1H/t19-,25-,27-;/m1./s1. The molecule has 0 aliphatic carbocycles. The fraction of sp³-hybridized carbons (Fsp3) is 0.533. The predicted molar refractivity (Wildman–Crippen MR) is 153 cm³/mol. The molecule has 2 aliphatic heterocycles. The highest BCUT2D eigenvalue weighted by atomic mass is 35.5. The largest absolute Gasteiger partial charge is 0.416 e. The summed E-state index contributed by atoms with van der Waals surface area (Å²) in [4.78, 5) is 32.4. The van der Waals surface area contributed by atoms with Gasteiger partial charge in [0.15, 0.2) is 0 Å². The van der Waals surface area contributed by atoms with E-state index in [1.54, 1.807) is 22.8 Å². The molecule has 0 spiro atoms. The summed E-state index contributed by atoms with van der Waals surface area (Å²) in [6.45, 7) is 7.36. The Morgan fingerprint density at radius 2 is 1.48 bits per heavy atom. The Morgan fingerprint density at radius 3 is 1.98 bits per heavy atom. The van der Waals surface area contributed by atoms with E-state index in [4.69, 9.17) is 0 Å². The number of rotatable bonds is 4. The Kier molecular flexibility index (Phi) is 10.9. The summed E-state index contributed by atoms with van der Waals surface area (Å²) in [5, 5.41) is 0. The quantitative estimate of drug-likeness (QED) is 0.332. The average Bonchev–Trinajstić information content (AvgIpc) is 2.94. The average molecular weight is 653 g/mol. The Bertz CT molecular complexity index is 1310. The molecular weight excluding hydrogens is 617 g/mol. The van der Waals surface area contributed by atoms with Crippen molar-refractivity contribution in [2.45, 2.75) is 64.1 Å². The minimum atomic E-state index is -5.01. The number of amides is 3. The van der Waals surface area contributed by atoms with Crippen molar-refractivity contribution in [2.24, 2.45) is 0 Å². The van der Waals surface area contributed by atoms with Crippen LogP contribution in [0, 0.1) is 12.7 Å². The van der Waals surface area contributed by atoms with Gasteiger partial charge in [-0.05, 0) is 73.7 Å². The molecule has 0 radical (unpaired) electrons. The van der Waals surface area contributed by atoms with E-state index in [1.807, 2.05) is 0 Å².